The summed E-state index contributed by atoms with van der Waals surface area (Å²) in [7, 11) is 0. The highest BCUT2D eigenvalue weighted by Crippen LogP contribution is 2.30. The summed E-state index contributed by atoms with van der Waals surface area (Å²) < 4.78 is 0. The molecule has 0 aliphatic rings. The predicted octanol–water partition coefficient (Wildman–Crippen LogP) is 4.43. The van der Waals surface area contributed by atoms with Gasteiger partial charge in [0.25, 0.3) is 0 Å². The number of nitrogens with zero attached hydrogens (tertiary/aromatic N) is 2. The number of fused-ring (bicyclic) bond motifs is 1. The lowest BCUT2D eigenvalue weighted by Gasteiger charge is -2.08. The molecule has 0 aliphatic carbocycles. The molecule has 0 saturated heterocycles. The maximum atomic E-state index is 5.71. The number of anilines is 3. The van der Waals surface area contributed by atoms with Gasteiger partial charge in [0.15, 0.2) is 0 Å². The van der Waals surface area contributed by atoms with Gasteiger partial charge in [-0.05, 0) is 54.6 Å². The molecule has 0 saturated carbocycles. The highest BCUT2D eigenvalue weighted by Gasteiger charge is 2.05. The Morgan fingerprint density at radius 1 is 0.875 bits per heavy atom. The largest absolute Gasteiger partial charge is 0.399 e. The summed E-state index contributed by atoms with van der Waals surface area (Å²) in [5.74, 6) is 0.792. The minimum atomic E-state index is 0.778. The van der Waals surface area contributed by atoms with Crippen LogP contribution >= 0.6 is 11.8 Å². The minimum absolute atomic E-state index is 0.778. The van der Waals surface area contributed by atoms with Gasteiger partial charge in [0.05, 0.1) is 5.39 Å². The molecule has 118 valence electrons. The van der Waals surface area contributed by atoms with Crippen molar-refractivity contribution in [2.45, 2.75) is 9.79 Å². The van der Waals surface area contributed by atoms with Gasteiger partial charge in [-0.3, -0.25) is 0 Å². The number of nitrogen functional groups attached to an aromatic ring is 1. The van der Waals surface area contributed by atoms with Gasteiger partial charge < -0.3 is 16.0 Å². The van der Waals surface area contributed by atoms with Crippen LogP contribution in [0.15, 0.2) is 76.9 Å². The van der Waals surface area contributed by atoms with Crippen LogP contribution in [0.2, 0.25) is 0 Å². The summed E-state index contributed by atoms with van der Waals surface area (Å²) in [5.41, 5.74) is 8.30. The lowest BCUT2D eigenvalue weighted by atomic mass is 10.3. The van der Waals surface area contributed by atoms with Crippen molar-refractivity contribution < 1.29 is 0 Å². The van der Waals surface area contributed by atoms with Crippen LogP contribution in [0.1, 0.15) is 0 Å². The first kappa shape index (κ1) is 14.6. The maximum absolute atomic E-state index is 5.71. The summed E-state index contributed by atoms with van der Waals surface area (Å²) in [6, 6.07) is 18.1. The summed E-state index contributed by atoms with van der Waals surface area (Å²) >= 11 is 1.70. The summed E-state index contributed by atoms with van der Waals surface area (Å²) in [6.45, 7) is 0. The van der Waals surface area contributed by atoms with E-state index in [0.29, 0.717) is 0 Å². The van der Waals surface area contributed by atoms with Crippen LogP contribution < -0.4 is 11.1 Å². The Morgan fingerprint density at radius 2 is 1.58 bits per heavy atom. The van der Waals surface area contributed by atoms with Crippen molar-refractivity contribution >= 4 is 40.0 Å². The fourth-order valence-electron chi connectivity index (χ4n) is 2.39. The van der Waals surface area contributed by atoms with E-state index in [1.54, 1.807) is 18.1 Å². The Hall–Kier alpha value is -2.99. The van der Waals surface area contributed by atoms with E-state index in [1.807, 2.05) is 48.7 Å². The highest BCUT2D eigenvalue weighted by atomic mass is 32.2. The average molecular weight is 333 g/mol. The monoisotopic (exact) mass is 333 g/mol. The van der Waals surface area contributed by atoms with Crippen LogP contribution in [0.3, 0.4) is 0 Å². The van der Waals surface area contributed by atoms with Crippen molar-refractivity contribution in [3.8, 4) is 0 Å². The Balaban J connectivity index is 1.51. The van der Waals surface area contributed by atoms with Crippen LogP contribution in [0.5, 0.6) is 0 Å². The predicted molar refractivity (Wildman–Crippen MR) is 98.6 cm³/mol. The molecule has 0 amide bonds. The Bertz CT molecular complexity index is 961. The van der Waals surface area contributed by atoms with Gasteiger partial charge >= 0.3 is 0 Å². The van der Waals surface area contributed by atoms with Crippen molar-refractivity contribution in [1.82, 2.24) is 15.0 Å². The van der Waals surface area contributed by atoms with Crippen LogP contribution in [0.4, 0.5) is 17.2 Å². The molecule has 24 heavy (non-hydrogen) atoms. The quantitative estimate of drug-likeness (QED) is 0.481. The first-order chi connectivity index (χ1) is 11.8. The number of benzene rings is 2. The number of aromatic nitrogens is 3. The lowest BCUT2D eigenvalue weighted by Crippen LogP contribution is -1.94. The molecule has 0 radical (unpaired) electrons. The van der Waals surface area contributed by atoms with Crippen LogP contribution in [-0.4, -0.2) is 15.0 Å². The van der Waals surface area contributed by atoms with E-state index < -0.39 is 0 Å². The molecule has 4 rings (SSSR count). The van der Waals surface area contributed by atoms with Gasteiger partial charge in [0.2, 0.25) is 0 Å². The van der Waals surface area contributed by atoms with E-state index in [1.165, 1.54) is 4.90 Å². The SMILES string of the molecule is Nc1ccc(Sc2ccc(Nc3ncnc4[nH]ccc34)cc2)cc1. The van der Waals surface area contributed by atoms with Crippen molar-refractivity contribution in [2.75, 3.05) is 11.1 Å². The number of rotatable bonds is 4. The number of hydrogen-bond acceptors (Lipinski definition) is 5. The van der Waals surface area contributed by atoms with Crippen LogP contribution in [0.25, 0.3) is 11.0 Å². The normalized spacial score (nSPS) is 10.8. The second-order valence-electron chi connectivity index (χ2n) is 5.28. The van der Waals surface area contributed by atoms with E-state index in [9.17, 15) is 0 Å². The molecule has 4 N–H and O–H groups in total. The molecule has 5 nitrogen and oxygen atoms in total. The highest BCUT2D eigenvalue weighted by molar-refractivity contribution is 7.99. The van der Waals surface area contributed by atoms with Crippen LogP contribution in [-0.2, 0) is 0 Å². The summed E-state index contributed by atoms with van der Waals surface area (Å²) in [6.07, 6.45) is 3.41. The zero-order chi connectivity index (χ0) is 16.4. The molecule has 2 heterocycles. The number of hydrogen-bond donors (Lipinski definition) is 3. The van der Waals surface area contributed by atoms with Gasteiger partial charge in [-0.15, -0.1) is 0 Å². The molecule has 0 unspecified atom stereocenters. The molecule has 0 aliphatic heterocycles. The van der Waals surface area contributed by atoms with Gasteiger partial charge in [-0.1, -0.05) is 11.8 Å². The molecule has 0 bridgehead atoms. The van der Waals surface area contributed by atoms with Crippen molar-refractivity contribution in [3.05, 3.63) is 67.1 Å². The van der Waals surface area contributed by atoms with E-state index in [2.05, 4.69) is 32.4 Å². The topological polar surface area (TPSA) is 79.6 Å². The standard InChI is InChI=1S/C18H15N5S/c19-12-1-5-14(6-2-12)24-15-7-3-13(4-8-15)23-18-16-9-10-20-17(16)21-11-22-18/h1-11H,19H2,(H2,20,21,22,23). The van der Waals surface area contributed by atoms with Gasteiger partial charge in [-0.25, -0.2) is 9.97 Å². The third-order valence-corrected chi connectivity index (χ3v) is 4.60. The van der Waals surface area contributed by atoms with E-state index >= 15 is 0 Å². The molecular formula is C18H15N5S. The van der Waals surface area contributed by atoms with Crippen molar-refractivity contribution in [1.29, 1.82) is 0 Å². The molecule has 0 spiro atoms. The van der Waals surface area contributed by atoms with Crippen molar-refractivity contribution in [2.24, 2.45) is 0 Å². The average Bonchev–Trinajstić information content (AvgIpc) is 3.08. The number of aromatic amines is 1. The molecule has 4 aromatic rings. The fraction of sp³-hybridized carbons (Fsp3) is 0. The zero-order valence-corrected chi connectivity index (χ0v) is 13.5. The van der Waals surface area contributed by atoms with E-state index in [-0.39, 0.29) is 0 Å². The number of H-pyrrole nitrogens is 1. The minimum Gasteiger partial charge on any atom is -0.399 e. The summed E-state index contributed by atoms with van der Waals surface area (Å²) in [4.78, 5) is 13.9. The third kappa shape index (κ3) is 3.04. The van der Waals surface area contributed by atoms with Crippen molar-refractivity contribution in [3.63, 3.8) is 0 Å². The van der Waals surface area contributed by atoms with Gasteiger partial charge in [0, 0.05) is 27.4 Å². The third-order valence-electron chi connectivity index (χ3n) is 3.59. The lowest BCUT2D eigenvalue weighted by molar-refractivity contribution is 1.20. The van der Waals surface area contributed by atoms with E-state index in [4.69, 9.17) is 5.73 Å². The number of nitrogens with one attached hydrogen (secondary N) is 2. The molecule has 0 fully saturated rings. The fourth-order valence-corrected chi connectivity index (χ4v) is 3.20. The Morgan fingerprint density at radius 3 is 2.33 bits per heavy atom. The maximum Gasteiger partial charge on any atom is 0.143 e. The molecule has 2 aromatic heterocycles. The van der Waals surface area contributed by atoms with Gasteiger partial charge in [0.1, 0.15) is 17.8 Å². The van der Waals surface area contributed by atoms with E-state index in [0.717, 1.165) is 33.1 Å². The first-order valence-corrected chi connectivity index (χ1v) is 8.28. The second kappa shape index (κ2) is 6.25. The van der Waals surface area contributed by atoms with Crippen LogP contribution in [0, 0.1) is 0 Å². The smallest absolute Gasteiger partial charge is 0.143 e. The molecule has 2 aromatic carbocycles. The zero-order valence-electron chi connectivity index (χ0n) is 12.7. The molecular weight excluding hydrogens is 318 g/mol. The first-order valence-electron chi connectivity index (χ1n) is 7.46. The number of nitrogens with two attached hydrogens (primary N) is 1. The second-order valence-corrected chi connectivity index (χ2v) is 6.43. The molecule has 0 atom stereocenters. The van der Waals surface area contributed by atoms with Gasteiger partial charge in [-0.2, -0.15) is 0 Å². The Kier molecular flexibility index (Phi) is 3.80. The molecule has 6 heteroatoms. The Labute approximate surface area is 143 Å². The summed E-state index contributed by atoms with van der Waals surface area (Å²) in [5, 5.41) is 4.30.